The Morgan fingerprint density at radius 2 is 1.92 bits per heavy atom. The largest absolute Gasteiger partial charge is 0.480 e. The topological polar surface area (TPSA) is 119 Å². The molecule has 25 heavy (non-hydrogen) atoms. The summed E-state index contributed by atoms with van der Waals surface area (Å²) in [5.74, 6) is -2.26. The predicted octanol–water partition coefficient (Wildman–Crippen LogP) is -0.199. The first-order chi connectivity index (χ1) is 12.0. The highest BCUT2D eigenvalue weighted by atomic mass is 16.4. The summed E-state index contributed by atoms with van der Waals surface area (Å²) < 4.78 is 0. The summed E-state index contributed by atoms with van der Waals surface area (Å²) in [6.45, 7) is 0.149. The van der Waals surface area contributed by atoms with Crippen molar-refractivity contribution < 1.29 is 24.3 Å². The lowest BCUT2D eigenvalue weighted by atomic mass is 10.1. The molecule has 0 radical (unpaired) electrons. The van der Waals surface area contributed by atoms with Gasteiger partial charge in [0.1, 0.15) is 6.04 Å². The minimum Gasteiger partial charge on any atom is -0.480 e. The van der Waals surface area contributed by atoms with Crippen LogP contribution in [0.3, 0.4) is 0 Å². The average molecular weight is 346 g/mol. The van der Waals surface area contributed by atoms with E-state index in [2.05, 4.69) is 10.6 Å². The fourth-order valence-corrected chi connectivity index (χ4v) is 3.00. The minimum absolute atomic E-state index is 0.102. The molecule has 0 aliphatic carbocycles. The number of benzene rings is 1. The number of rotatable bonds is 3. The smallest absolute Gasteiger partial charge is 0.336 e. The SMILES string of the molecule is O=C(N[C@H]1CNC(=O)N2CCC[C@@H](C(=O)O)N2C1=O)c1ccccc1. The zero-order valence-corrected chi connectivity index (χ0v) is 13.3. The van der Waals surface area contributed by atoms with Crippen LogP contribution in [0.25, 0.3) is 0 Å². The van der Waals surface area contributed by atoms with E-state index in [1.807, 2.05) is 0 Å². The third-order valence-electron chi connectivity index (χ3n) is 4.24. The molecule has 4 amide bonds. The van der Waals surface area contributed by atoms with Crippen LogP contribution in [-0.4, -0.2) is 64.1 Å². The number of aliphatic carboxylic acids is 1. The van der Waals surface area contributed by atoms with Crippen LogP contribution in [0.2, 0.25) is 0 Å². The molecule has 2 atom stereocenters. The van der Waals surface area contributed by atoms with E-state index < -0.39 is 35.9 Å². The number of carboxylic acids is 1. The molecule has 2 saturated heterocycles. The number of carbonyl (C=O) groups is 4. The van der Waals surface area contributed by atoms with Gasteiger partial charge in [-0.3, -0.25) is 9.59 Å². The fourth-order valence-electron chi connectivity index (χ4n) is 3.00. The monoisotopic (exact) mass is 346 g/mol. The number of hydrogen-bond donors (Lipinski definition) is 3. The number of hydrogen-bond acceptors (Lipinski definition) is 4. The Morgan fingerprint density at radius 1 is 1.20 bits per heavy atom. The Bertz CT molecular complexity index is 708. The number of amides is 4. The lowest BCUT2D eigenvalue weighted by Crippen LogP contribution is -2.62. The van der Waals surface area contributed by atoms with Gasteiger partial charge in [0.25, 0.3) is 11.8 Å². The first-order valence-corrected chi connectivity index (χ1v) is 7.96. The van der Waals surface area contributed by atoms with Crippen LogP contribution in [0.15, 0.2) is 30.3 Å². The number of carbonyl (C=O) groups excluding carboxylic acids is 3. The molecule has 0 bridgehead atoms. The molecule has 2 fully saturated rings. The molecule has 3 rings (SSSR count). The van der Waals surface area contributed by atoms with Gasteiger partial charge in [-0.15, -0.1) is 0 Å². The van der Waals surface area contributed by atoms with Crippen LogP contribution in [0.4, 0.5) is 4.79 Å². The van der Waals surface area contributed by atoms with Crippen molar-refractivity contribution in [3.63, 3.8) is 0 Å². The summed E-state index contributed by atoms with van der Waals surface area (Å²) >= 11 is 0. The van der Waals surface area contributed by atoms with Gasteiger partial charge in [0.15, 0.2) is 6.04 Å². The second kappa shape index (κ2) is 6.80. The second-order valence-corrected chi connectivity index (χ2v) is 5.88. The highest BCUT2D eigenvalue weighted by Crippen LogP contribution is 2.21. The van der Waals surface area contributed by atoms with E-state index in [9.17, 15) is 24.3 Å². The van der Waals surface area contributed by atoms with Gasteiger partial charge in [0, 0.05) is 18.7 Å². The fraction of sp³-hybridized carbons (Fsp3) is 0.375. The Labute approximate surface area is 143 Å². The van der Waals surface area contributed by atoms with E-state index in [-0.39, 0.29) is 19.5 Å². The van der Waals surface area contributed by atoms with Gasteiger partial charge in [-0.05, 0) is 25.0 Å². The van der Waals surface area contributed by atoms with E-state index >= 15 is 0 Å². The van der Waals surface area contributed by atoms with Crippen molar-refractivity contribution in [1.82, 2.24) is 20.7 Å². The molecule has 9 nitrogen and oxygen atoms in total. The van der Waals surface area contributed by atoms with Crippen LogP contribution < -0.4 is 10.6 Å². The highest BCUT2D eigenvalue weighted by Gasteiger charge is 2.44. The molecule has 0 spiro atoms. The Balaban J connectivity index is 1.83. The summed E-state index contributed by atoms with van der Waals surface area (Å²) in [6.07, 6.45) is 0.736. The molecule has 0 unspecified atom stereocenters. The summed E-state index contributed by atoms with van der Waals surface area (Å²) in [5, 5.41) is 16.6. The van der Waals surface area contributed by atoms with Crippen molar-refractivity contribution in [3.8, 4) is 0 Å². The number of carboxylic acid groups (broad SMARTS) is 1. The molecule has 2 heterocycles. The molecule has 2 aliphatic rings. The molecule has 2 aliphatic heterocycles. The number of urea groups is 1. The second-order valence-electron chi connectivity index (χ2n) is 5.88. The van der Waals surface area contributed by atoms with Crippen molar-refractivity contribution in [2.75, 3.05) is 13.1 Å². The number of fused-ring (bicyclic) bond motifs is 1. The zero-order valence-electron chi connectivity index (χ0n) is 13.3. The third kappa shape index (κ3) is 3.25. The maximum atomic E-state index is 12.8. The zero-order chi connectivity index (χ0) is 18.0. The molecule has 3 N–H and O–H groups in total. The maximum Gasteiger partial charge on any atom is 0.336 e. The lowest BCUT2D eigenvalue weighted by molar-refractivity contribution is -0.168. The summed E-state index contributed by atoms with van der Waals surface area (Å²) in [7, 11) is 0. The quantitative estimate of drug-likeness (QED) is 0.700. The maximum absolute atomic E-state index is 12.8. The van der Waals surface area contributed by atoms with E-state index in [0.717, 1.165) is 10.0 Å². The Hall–Kier alpha value is -3.10. The molecular formula is C16H18N4O5. The van der Waals surface area contributed by atoms with Crippen LogP contribution in [0, 0.1) is 0 Å². The van der Waals surface area contributed by atoms with Crippen molar-refractivity contribution in [3.05, 3.63) is 35.9 Å². The first-order valence-electron chi connectivity index (χ1n) is 7.96. The van der Waals surface area contributed by atoms with Gasteiger partial charge in [-0.25, -0.2) is 19.6 Å². The van der Waals surface area contributed by atoms with Gasteiger partial charge in [-0.1, -0.05) is 18.2 Å². The molecule has 9 heteroatoms. The van der Waals surface area contributed by atoms with Crippen LogP contribution >= 0.6 is 0 Å². The first kappa shape index (κ1) is 16.7. The highest BCUT2D eigenvalue weighted by molar-refractivity contribution is 5.99. The van der Waals surface area contributed by atoms with E-state index in [1.165, 1.54) is 0 Å². The molecule has 0 saturated carbocycles. The van der Waals surface area contributed by atoms with Gasteiger partial charge >= 0.3 is 12.0 Å². The average Bonchev–Trinajstić information content (AvgIpc) is 2.74. The van der Waals surface area contributed by atoms with Gasteiger partial charge < -0.3 is 15.7 Å². The van der Waals surface area contributed by atoms with Crippen LogP contribution in [0.1, 0.15) is 23.2 Å². The summed E-state index contributed by atoms with van der Waals surface area (Å²) in [4.78, 5) is 48.8. The lowest BCUT2D eigenvalue weighted by Gasteiger charge is -2.41. The van der Waals surface area contributed by atoms with Gasteiger partial charge in [-0.2, -0.15) is 0 Å². The van der Waals surface area contributed by atoms with E-state index in [4.69, 9.17) is 0 Å². The van der Waals surface area contributed by atoms with Gasteiger partial charge in [0.05, 0.1) is 0 Å². The molecule has 1 aromatic carbocycles. The molecule has 1 aromatic rings. The Morgan fingerprint density at radius 3 is 2.60 bits per heavy atom. The minimum atomic E-state index is -1.18. The molecule has 0 aromatic heterocycles. The molecular weight excluding hydrogens is 328 g/mol. The van der Waals surface area contributed by atoms with E-state index in [0.29, 0.717) is 12.0 Å². The third-order valence-corrected chi connectivity index (χ3v) is 4.24. The summed E-state index contributed by atoms with van der Waals surface area (Å²) in [5.41, 5.74) is 0.371. The number of hydrazine groups is 1. The standard InChI is InChI=1S/C16H18N4O5/c21-13(10-5-2-1-3-6-10)18-11-9-17-16(25)19-8-4-7-12(15(23)24)20(19)14(11)22/h1-3,5-6,11-12H,4,7-9H2,(H,17,25)(H,18,21)(H,23,24)/t11-,12-/m0/s1. The van der Waals surface area contributed by atoms with Crippen molar-refractivity contribution in [1.29, 1.82) is 0 Å². The predicted molar refractivity (Wildman–Crippen MR) is 85.3 cm³/mol. The van der Waals surface area contributed by atoms with Crippen molar-refractivity contribution in [2.24, 2.45) is 0 Å². The van der Waals surface area contributed by atoms with Crippen molar-refractivity contribution >= 4 is 23.8 Å². The van der Waals surface area contributed by atoms with Crippen molar-refractivity contribution in [2.45, 2.75) is 24.9 Å². The Kier molecular flexibility index (Phi) is 4.55. The van der Waals surface area contributed by atoms with E-state index in [1.54, 1.807) is 30.3 Å². The summed E-state index contributed by atoms with van der Waals surface area (Å²) in [6, 6.07) is 5.64. The van der Waals surface area contributed by atoms with Crippen LogP contribution in [0.5, 0.6) is 0 Å². The number of nitrogens with one attached hydrogen (secondary N) is 2. The van der Waals surface area contributed by atoms with Crippen LogP contribution in [-0.2, 0) is 9.59 Å². The molecule has 132 valence electrons. The number of nitrogens with zero attached hydrogens (tertiary/aromatic N) is 2. The van der Waals surface area contributed by atoms with Gasteiger partial charge in [0.2, 0.25) is 0 Å². The normalized spacial score (nSPS) is 23.4.